The van der Waals surface area contributed by atoms with Crippen LogP contribution < -0.4 is 5.73 Å². The van der Waals surface area contributed by atoms with Crippen molar-refractivity contribution in [1.82, 2.24) is 39.8 Å². The number of carbonyl (C=O) groups is 2. The van der Waals surface area contributed by atoms with Crippen LogP contribution >= 0.6 is 0 Å². The summed E-state index contributed by atoms with van der Waals surface area (Å²) in [5, 5.41) is 9.90. The van der Waals surface area contributed by atoms with Gasteiger partial charge >= 0.3 is 12.1 Å². The van der Waals surface area contributed by atoms with E-state index in [0.29, 0.717) is 65.6 Å². The number of hydrogen-bond donors (Lipinski definition) is 1. The lowest BCUT2D eigenvalue weighted by atomic mass is 9.91. The number of ether oxygens (including phenoxy) is 2. The number of aromatic nitrogens is 7. The number of hydrogen-bond acceptors (Lipinski definition) is 12. The molecule has 0 spiro atoms. The maximum Gasteiger partial charge on any atom is 0.410 e. The van der Waals surface area contributed by atoms with E-state index in [1.165, 1.54) is 6.33 Å². The maximum absolute atomic E-state index is 12.5. The average Bonchev–Trinajstić information content (AvgIpc) is 3.61. The first-order valence-electron chi connectivity index (χ1n) is 14.9. The van der Waals surface area contributed by atoms with Gasteiger partial charge in [-0.05, 0) is 71.8 Å². The minimum atomic E-state index is -0.636. The fourth-order valence-corrected chi connectivity index (χ4v) is 5.48. The Hall–Kier alpha value is -4.62. The predicted octanol–water partition coefficient (Wildman–Crippen LogP) is 4.64. The first-order chi connectivity index (χ1) is 21.0. The van der Waals surface area contributed by atoms with Crippen molar-refractivity contribution in [1.29, 1.82) is 0 Å². The van der Waals surface area contributed by atoms with Crippen LogP contribution in [0.5, 0.6) is 0 Å². The lowest BCUT2D eigenvalue weighted by Crippen LogP contribution is -2.39. The standard InChI is InChI=1S/C30H37N9O5/c1-16(2)39-28-22(26(31)34-15-35-28)23(36-39)24-21(25(44-37-24)18-6-7-18)27-32-12-19(13-33-27)17-8-10-38(11-9-17)29(41)42-14-20(40)43-30(3,4)5/h12-13,15-18H,6-11,14H2,1-5H3,(H2,31,34,35). The molecule has 0 bridgehead atoms. The highest BCUT2D eigenvalue weighted by Crippen LogP contribution is 2.48. The second-order valence-electron chi connectivity index (χ2n) is 12.6. The normalized spacial score (nSPS) is 16.1. The van der Waals surface area contributed by atoms with Gasteiger partial charge in [0, 0.05) is 37.4 Å². The number of amides is 1. The minimum absolute atomic E-state index is 0.0348. The van der Waals surface area contributed by atoms with E-state index in [2.05, 4.69) is 15.1 Å². The van der Waals surface area contributed by atoms with E-state index in [-0.39, 0.29) is 17.9 Å². The predicted molar refractivity (Wildman–Crippen MR) is 159 cm³/mol. The van der Waals surface area contributed by atoms with Gasteiger partial charge in [-0.15, -0.1) is 0 Å². The van der Waals surface area contributed by atoms with Crippen molar-refractivity contribution in [2.75, 3.05) is 25.4 Å². The van der Waals surface area contributed by atoms with Gasteiger partial charge < -0.3 is 24.6 Å². The fourth-order valence-electron chi connectivity index (χ4n) is 5.48. The average molecular weight is 604 g/mol. The van der Waals surface area contributed by atoms with Gasteiger partial charge in [0.1, 0.15) is 29.1 Å². The molecular formula is C30H37N9O5. The minimum Gasteiger partial charge on any atom is -0.457 e. The summed E-state index contributed by atoms with van der Waals surface area (Å²) < 4.78 is 18.1. The molecule has 4 aromatic heterocycles. The maximum atomic E-state index is 12.5. The number of fused-ring (bicyclic) bond motifs is 1. The molecule has 1 aliphatic heterocycles. The third kappa shape index (κ3) is 5.92. The Balaban J connectivity index is 1.19. The monoisotopic (exact) mass is 603 g/mol. The molecule has 5 heterocycles. The molecule has 2 fully saturated rings. The number of nitrogens with two attached hydrogens (primary N) is 1. The quantitative estimate of drug-likeness (QED) is 0.290. The molecule has 0 unspecified atom stereocenters. The number of nitrogen functional groups attached to an aromatic ring is 1. The third-order valence-corrected chi connectivity index (χ3v) is 7.75. The van der Waals surface area contributed by atoms with Gasteiger partial charge in [0.15, 0.2) is 23.8 Å². The van der Waals surface area contributed by atoms with Crippen LogP contribution in [0, 0.1) is 0 Å². The van der Waals surface area contributed by atoms with Gasteiger partial charge in [-0.2, -0.15) is 5.10 Å². The van der Waals surface area contributed by atoms with Gasteiger partial charge in [-0.1, -0.05) is 5.16 Å². The van der Waals surface area contributed by atoms with E-state index in [4.69, 9.17) is 34.8 Å². The molecule has 1 saturated heterocycles. The summed E-state index contributed by atoms with van der Waals surface area (Å²) in [7, 11) is 0. The van der Waals surface area contributed by atoms with Crippen LogP contribution in [0.25, 0.3) is 33.8 Å². The third-order valence-electron chi connectivity index (χ3n) is 7.75. The summed E-state index contributed by atoms with van der Waals surface area (Å²) in [5.41, 5.74) is 9.04. The van der Waals surface area contributed by atoms with Crippen molar-refractivity contribution in [3.05, 3.63) is 30.0 Å². The van der Waals surface area contributed by atoms with E-state index in [9.17, 15) is 9.59 Å². The molecule has 6 rings (SSSR count). The van der Waals surface area contributed by atoms with Crippen LogP contribution in [0.3, 0.4) is 0 Å². The largest absolute Gasteiger partial charge is 0.457 e. The van der Waals surface area contributed by atoms with Crippen molar-refractivity contribution in [3.8, 4) is 22.8 Å². The van der Waals surface area contributed by atoms with Crippen LogP contribution in [0.1, 0.15) is 89.5 Å². The highest BCUT2D eigenvalue weighted by atomic mass is 16.6. The molecule has 14 nitrogen and oxygen atoms in total. The van der Waals surface area contributed by atoms with Crippen molar-refractivity contribution >= 4 is 28.9 Å². The molecule has 0 radical (unpaired) electrons. The van der Waals surface area contributed by atoms with E-state index < -0.39 is 24.3 Å². The van der Waals surface area contributed by atoms with Crippen LogP contribution in [0.4, 0.5) is 10.6 Å². The molecule has 2 aliphatic rings. The molecule has 0 atom stereocenters. The van der Waals surface area contributed by atoms with Gasteiger partial charge in [-0.3, -0.25) is 0 Å². The molecule has 14 heteroatoms. The smallest absolute Gasteiger partial charge is 0.410 e. The summed E-state index contributed by atoms with van der Waals surface area (Å²) in [4.78, 5) is 44.2. The molecule has 1 saturated carbocycles. The molecule has 1 amide bonds. The second kappa shape index (κ2) is 11.5. The van der Waals surface area contributed by atoms with Crippen LogP contribution in [0.2, 0.25) is 0 Å². The first-order valence-corrected chi connectivity index (χ1v) is 14.9. The topological polar surface area (TPSA) is 177 Å². The molecular weight excluding hydrogens is 566 g/mol. The first kappa shape index (κ1) is 29.5. The molecule has 0 aromatic carbocycles. The zero-order valence-corrected chi connectivity index (χ0v) is 25.6. The number of carbonyl (C=O) groups excluding carboxylic acids is 2. The van der Waals surface area contributed by atoms with Gasteiger partial charge in [-0.25, -0.2) is 34.2 Å². The van der Waals surface area contributed by atoms with E-state index in [1.54, 1.807) is 25.7 Å². The van der Waals surface area contributed by atoms with Gasteiger partial charge in [0.25, 0.3) is 0 Å². The van der Waals surface area contributed by atoms with Crippen LogP contribution in [-0.2, 0) is 14.3 Å². The lowest BCUT2D eigenvalue weighted by Gasteiger charge is -2.31. The summed E-state index contributed by atoms with van der Waals surface area (Å²) in [6.07, 6.45) is 8.02. The van der Waals surface area contributed by atoms with E-state index >= 15 is 0 Å². The molecule has 4 aromatic rings. The zero-order chi connectivity index (χ0) is 31.2. The Morgan fingerprint density at radius 1 is 1.02 bits per heavy atom. The Morgan fingerprint density at radius 3 is 2.36 bits per heavy atom. The van der Waals surface area contributed by atoms with Crippen molar-refractivity contribution in [2.24, 2.45) is 0 Å². The summed E-state index contributed by atoms with van der Waals surface area (Å²) >= 11 is 0. The molecule has 2 N–H and O–H groups in total. The lowest BCUT2D eigenvalue weighted by molar-refractivity contribution is -0.158. The van der Waals surface area contributed by atoms with E-state index in [0.717, 1.165) is 24.2 Å². The number of rotatable bonds is 7. The Labute approximate surface area is 254 Å². The summed E-state index contributed by atoms with van der Waals surface area (Å²) in [5.74, 6) is 1.41. The number of nitrogens with zero attached hydrogens (tertiary/aromatic N) is 8. The molecule has 232 valence electrons. The Morgan fingerprint density at radius 2 is 1.73 bits per heavy atom. The van der Waals surface area contributed by atoms with Crippen molar-refractivity contribution in [2.45, 2.75) is 83.8 Å². The van der Waals surface area contributed by atoms with E-state index in [1.807, 2.05) is 30.9 Å². The van der Waals surface area contributed by atoms with Crippen molar-refractivity contribution in [3.63, 3.8) is 0 Å². The zero-order valence-electron chi connectivity index (χ0n) is 25.6. The van der Waals surface area contributed by atoms with Crippen LogP contribution in [0.15, 0.2) is 23.2 Å². The number of esters is 1. The number of likely N-dealkylation sites (tertiary alicyclic amines) is 1. The second-order valence-corrected chi connectivity index (χ2v) is 12.6. The summed E-state index contributed by atoms with van der Waals surface area (Å²) in [6.45, 7) is 9.92. The highest BCUT2D eigenvalue weighted by Gasteiger charge is 2.36. The Bertz CT molecular complexity index is 1680. The number of piperidine rings is 1. The van der Waals surface area contributed by atoms with Crippen LogP contribution in [-0.4, -0.2) is 77.1 Å². The van der Waals surface area contributed by atoms with Gasteiger partial charge in [0.2, 0.25) is 0 Å². The van der Waals surface area contributed by atoms with Gasteiger partial charge in [0.05, 0.1) is 10.9 Å². The highest BCUT2D eigenvalue weighted by molar-refractivity contribution is 6.00. The Kier molecular flexibility index (Phi) is 7.68. The molecule has 1 aliphatic carbocycles. The molecule has 44 heavy (non-hydrogen) atoms. The van der Waals surface area contributed by atoms with Crippen molar-refractivity contribution < 1.29 is 23.6 Å². The number of anilines is 1. The fraction of sp³-hybridized carbons (Fsp3) is 0.533. The SMILES string of the molecule is CC(C)n1nc(-c2noc(C3CC3)c2-c2ncc(C3CCN(C(=O)OCC(=O)OC(C)(C)C)CC3)cn2)c2c(N)ncnc21. The summed E-state index contributed by atoms with van der Waals surface area (Å²) in [6, 6.07) is 0.0348.